The van der Waals surface area contributed by atoms with E-state index in [0.717, 1.165) is 51.3 Å². The number of hydrogen-bond acceptors (Lipinski definition) is 5. The van der Waals surface area contributed by atoms with Crippen molar-refractivity contribution in [1.29, 1.82) is 0 Å². The Morgan fingerprint density at radius 3 is 2.50 bits per heavy atom. The minimum atomic E-state index is -5.08. The summed E-state index contributed by atoms with van der Waals surface area (Å²) >= 11 is 0. The van der Waals surface area contributed by atoms with Crippen molar-refractivity contribution in [1.82, 2.24) is 9.80 Å². The van der Waals surface area contributed by atoms with Gasteiger partial charge in [0, 0.05) is 39.4 Å². The van der Waals surface area contributed by atoms with Crippen LogP contribution in [0.3, 0.4) is 0 Å². The van der Waals surface area contributed by atoms with Crippen LogP contribution < -0.4 is 0 Å². The number of benzene rings is 1. The normalized spacial score (nSPS) is 24.6. The molecule has 1 aromatic carbocycles. The summed E-state index contributed by atoms with van der Waals surface area (Å²) in [4.78, 5) is 25.6. The molecule has 0 saturated carbocycles. The molecule has 1 amide bonds. The van der Waals surface area contributed by atoms with E-state index in [2.05, 4.69) is 4.90 Å². The second-order valence-electron chi connectivity index (χ2n) is 8.15. The summed E-state index contributed by atoms with van der Waals surface area (Å²) in [5.74, 6) is -2.35. The highest BCUT2D eigenvalue weighted by Gasteiger charge is 2.43. The summed E-state index contributed by atoms with van der Waals surface area (Å²) in [6, 6.07) is 6.56. The lowest BCUT2D eigenvalue weighted by Gasteiger charge is -2.36. The molecule has 7 nitrogen and oxygen atoms in total. The van der Waals surface area contributed by atoms with Gasteiger partial charge in [-0.25, -0.2) is 9.18 Å². The standard InChI is InChI=1S/C19H25FN2O3.C2HF3O2/c20-16-3-1-2-15(8-16)10-22-17-11-21(9-14-4-6-24-7-5-14)12-18(17)25-13-19(22)23;3-2(4,5)1(6)7/h1-3,8,14,17-18H,4-7,9-13H2;(H,6,7)/t17-,18-;/m1./s1. The van der Waals surface area contributed by atoms with E-state index in [1.807, 2.05) is 11.0 Å². The highest BCUT2D eigenvalue weighted by Crippen LogP contribution is 2.27. The number of likely N-dealkylation sites (tertiary alicyclic amines) is 1. The lowest BCUT2D eigenvalue weighted by molar-refractivity contribution is -0.192. The van der Waals surface area contributed by atoms with E-state index in [1.165, 1.54) is 12.1 Å². The number of ether oxygens (including phenoxy) is 2. The molecule has 0 aliphatic carbocycles. The first kappa shape index (κ1) is 24.4. The molecule has 1 aromatic rings. The fraction of sp³-hybridized carbons (Fsp3) is 0.619. The molecule has 0 unspecified atom stereocenters. The van der Waals surface area contributed by atoms with Gasteiger partial charge >= 0.3 is 12.1 Å². The third-order valence-electron chi connectivity index (χ3n) is 5.80. The smallest absolute Gasteiger partial charge is 0.475 e. The quantitative estimate of drug-likeness (QED) is 0.692. The number of carbonyl (C=O) groups is 2. The number of halogens is 4. The number of carboxylic acids is 1. The number of aliphatic carboxylic acids is 1. The maximum Gasteiger partial charge on any atom is 0.490 e. The second-order valence-corrected chi connectivity index (χ2v) is 8.15. The van der Waals surface area contributed by atoms with Crippen LogP contribution in [0, 0.1) is 11.7 Å². The van der Waals surface area contributed by atoms with E-state index < -0.39 is 12.1 Å². The van der Waals surface area contributed by atoms with E-state index in [1.54, 1.807) is 6.07 Å². The number of carboxylic acid groups (broad SMARTS) is 1. The molecule has 32 heavy (non-hydrogen) atoms. The van der Waals surface area contributed by atoms with E-state index in [0.29, 0.717) is 12.5 Å². The molecule has 2 atom stereocenters. The summed E-state index contributed by atoms with van der Waals surface area (Å²) in [6.45, 7) is 5.03. The molecule has 3 aliphatic heterocycles. The number of alkyl halides is 3. The van der Waals surface area contributed by atoms with Crippen molar-refractivity contribution in [3.63, 3.8) is 0 Å². The van der Waals surface area contributed by atoms with Crippen molar-refractivity contribution in [2.45, 2.75) is 37.7 Å². The molecule has 3 heterocycles. The Bertz CT molecular complexity index is 801. The van der Waals surface area contributed by atoms with Gasteiger partial charge in [-0.05, 0) is 36.5 Å². The van der Waals surface area contributed by atoms with Gasteiger partial charge in [0.25, 0.3) is 0 Å². The van der Waals surface area contributed by atoms with Gasteiger partial charge in [-0.1, -0.05) is 12.1 Å². The molecule has 4 rings (SSSR count). The van der Waals surface area contributed by atoms with Crippen LogP contribution in [-0.2, 0) is 25.6 Å². The minimum Gasteiger partial charge on any atom is -0.475 e. The molecular weight excluding hydrogens is 436 g/mol. The second kappa shape index (κ2) is 10.6. The molecule has 0 bridgehead atoms. The van der Waals surface area contributed by atoms with Gasteiger partial charge in [0.1, 0.15) is 12.4 Å². The third kappa shape index (κ3) is 6.63. The third-order valence-corrected chi connectivity index (χ3v) is 5.80. The highest BCUT2D eigenvalue weighted by molar-refractivity contribution is 5.78. The van der Waals surface area contributed by atoms with Crippen LogP contribution in [-0.4, -0.2) is 84.6 Å². The van der Waals surface area contributed by atoms with E-state index in [-0.39, 0.29) is 30.5 Å². The Labute approximate surface area is 182 Å². The average molecular weight is 462 g/mol. The molecular formula is C21H26F4N2O5. The molecule has 3 fully saturated rings. The Hall–Kier alpha value is -2.24. The highest BCUT2D eigenvalue weighted by atomic mass is 19.4. The number of morpholine rings is 1. The Balaban J connectivity index is 0.000000360. The van der Waals surface area contributed by atoms with Crippen LogP contribution in [0.5, 0.6) is 0 Å². The summed E-state index contributed by atoms with van der Waals surface area (Å²) in [5.41, 5.74) is 0.830. The van der Waals surface area contributed by atoms with Gasteiger partial charge in [0.05, 0.1) is 12.1 Å². The maximum absolute atomic E-state index is 13.5. The first-order chi connectivity index (χ1) is 15.1. The Morgan fingerprint density at radius 1 is 1.19 bits per heavy atom. The predicted octanol–water partition coefficient (Wildman–Crippen LogP) is 2.30. The molecule has 3 saturated heterocycles. The van der Waals surface area contributed by atoms with E-state index in [4.69, 9.17) is 19.4 Å². The van der Waals surface area contributed by atoms with Crippen molar-refractivity contribution >= 4 is 11.9 Å². The SMILES string of the molecule is O=C(O)C(F)(F)F.O=C1CO[C@@H]2CN(CC3CCOCC3)C[C@H]2N1Cc1cccc(F)c1. The zero-order valence-electron chi connectivity index (χ0n) is 17.4. The van der Waals surface area contributed by atoms with Gasteiger partial charge in [-0.2, -0.15) is 13.2 Å². The molecule has 0 aromatic heterocycles. The molecule has 178 valence electrons. The number of fused-ring (bicyclic) bond motifs is 1. The zero-order valence-corrected chi connectivity index (χ0v) is 17.4. The first-order valence-electron chi connectivity index (χ1n) is 10.4. The van der Waals surface area contributed by atoms with Gasteiger partial charge in [0.15, 0.2) is 0 Å². The van der Waals surface area contributed by atoms with E-state index in [9.17, 15) is 22.4 Å². The van der Waals surface area contributed by atoms with Crippen molar-refractivity contribution in [3.05, 3.63) is 35.6 Å². The van der Waals surface area contributed by atoms with Crippen molar-refractivity contribution in [2.24, 2.45) is 5.92 Å². The van der Waals surface area contributed by atoms with Crippen LogP contribution in [0.15, 0.2) is 24.3 Å². The maximum atomic E-state index is 13.5. The number of nitrogens with zero attached hydrogens (tertiary/aromatic N) is 2. The molecule has 0 spiro atoms. The molecule has 0 radical (unpaired) electrons. The van der Waals surface area contributed by atoms with Gasteiger partial charge in [0.2, 0.25) is 5.91 Å². The van der Waals surface area contributed by atoms with Gasteiger partial charge in [-0.15, -0.1) is 0 Å². The Kier molecular flexibility index (Phi) is 8.07. The van der Waals surface area contributed by atoms with Crippen LogP contribution in [0.2, 0.25) is 0 Å². The summed E-state index contributed by atoms with van der Waals surface area (Å²) in [7, 11) is 0. The Morgan fingerprint density at radius 2 is 1.88 bits per heavy atom. The topological polar surface area (TPSA) is 79.3 Å². The van der Waals surface area contributed by atoms with Crippen LogP contribution >= 0.6 is 0 Å². The fourth-order valence-electron chi connectivity index (χ4n) is 4.22. The predicted molar refractivity (Wildman–Crippen MR) is 104 cm³/mol. The molecule has 1 N–H and O–H groups in total. The summed E-state index contributed by atoms with van der Waals surface area (Å²) < 4.78 is 56.4. The zero-order chi connectivity index (χ0) is 23.3. The monoisotopic (exact) mass is 462 g/mol. The number of amides is 1. The number of carbonyl (C=O) groups excluding carboxylic acids is 1. The van der Waals surface area contributed by atoms with Crippen molar-refractivity contribution in [3.8, 4) is 0 Å². The average Bonchev–Trinajstić information content (AvgIpc) is 3.13. The van der Waals surface area contributed by atoms with Crippen LogP contribution in [0.4, 0.5) is 17.6 Å². The summed E-state index contributed by atoms with van der Waals surface area (Å²) in [6.07, 6.45) is -2.80. The lowest BCUT2D eigenvalue weighted by atomic mass is 10.00. The first-order valence-corrected chi connectivity index (χ1v) is 10.4. The van der Waals surface area contributed by atoms with Crippen LogP contribution in [0.1, 0.15) is 18.4 Å². The van der Waals surface area contributed by atoms with E-state index >= 15 is 0 Å². The van der Waals surface area contributed by atoms with Crippen molar-refractivity contribution < 1.29 is 41.7 Å². The minimum absolute atomic E-state index is 0.00146. The molecule has 11 heteroatoms. The largest absolute Gasteiger partial charge is 0.490 e. The number of rotatable bonds is 4. The molecule has 3 aliphatic rings. The fourth-order valence-corrected chi connectivity index (χ4v) is 4.22. The van der Waals surface area contributed by atoms with Gasteiger partial charge in [-0.3, -0.25) is 9.69 Å². The van der Waals surface area contributed by atoms with Crippen molar-refractivity contribution in [2.75, 3.05) is 39.5 Å². The summed E-state index contributed by atoms with van der Waals surface area (Å²) in [5, 5.41) is 7.12. The lowest BCUT2D eigenvalue weighted by Crippen LogP contribution is -2.53. The van der Waals surface area contributed by atoms with Gasteiger partial charge < -0.3 is 19.5 Å². The number of hydrogen-bond donors (Lipinski definition) is 1. The van der Waals surface area contributed by atoms with Crippen LogP contribution in [0.25, 0.3) is 0 Å².